The average molecular weight is 285 g/mol. The third-order valence-electron chi connectivity index (χ3n) is 2.52. The normalized spacial score (nSPS) is 10.5. The molecule has 0 aliphatic heterocycles. The highest BCUT2D eigenvalue weighted by molar-refractivity contribution is 7.09. The lowest BCUT2D eigenvalue weighted by Gasteiger charge is -2.07. The summed E-state index contributed by atoms with van der Waals surface area (Å²) in [5.41, 5.74) is 1.58. The topological polar surface area (TPSA) is 68.1 Å². The van der Waals surface area contributed by atoms with Gasteiger partial charge in [-0.1, -0.05) is 0 Å². The lowest BCUT2D eigenvalue weighted by molar-refractivity contribution is -0.387. The molecule has 2 aromatic rings. The van der Waals surface area contributed by atoms with Crippen molar-refractivity contribution in [1.29, 1.82) is 0 Å². The number of anilines is 1. The number of thiazole rings is 1. The van der Waals surface area contributed by atoms with Crippen molar-refractivity contribution < 1.29 is 13.7 Å². The van der Waals surface area contributed by atoms with Crippen LogP contribution in [0.3, 0.4) is 0 Å². The van der Waals surface area contributed by atoms with E-state index in [4.69, 9.17) is 0 Å². The first-order valence-electron chi connectivity index (χ1n) is 5.25. The van der Waals surface area contributed by atoms with Crippen LogP contribution in [0.1, 0.15) is 10.6 Å². The smallest absolute Gasteiger partial charge is 0.307 e. The van der Waals surface area contributed by atoms with Crippen molar-refractivity contribution in [1.82, 2.24) is 4.98 Å². The summed E-state index contributed by atoms with van der Waals surface area (Å²) in [7, 11) is 0. The third kappa shape index (κ3) is 2.84. The van der Waals surface area contributed by atoms with Gasteiger partial charge in [-0.15, -0.1) is 11.3 Å². The van der Waals surface area contributed by atoms with Crippen molar-refractivity contribution in [3.8, 4) is 0 Å². The molecular weight excluding hydrogens is 276 g/mol. The first-order chi connectivity index (χ1) is 8.99. The zero-order chi connectivity index (χ0) is 14.0. The highest BCUT2D eigenvalue weighted by Crippen LogP contribution is 2.26. The molecule has 0 spiro atoms. The Morgan fingerprint density at radius 3 is 2.74 bits per heavy atom. The van der Waals surface area contributed by atoms with Crippen molar-refractivity contribution in [3.63, 3.8) is 0 Å². The van der Waals surface area contributed by atoms with Gasteiger partial charge < -0.3 is 5.32 Å². The standard InChI is InChI=1S/C11H9F2N3O2S/c1-6-11(19-5-15-6)4-14-9-3-10(16(17)18)8(13)2-7(9)12/h2-3,5,14H,4H2,1H3. The van der Waals surface area contributed by atoms with Crippen molar-refractivity contribution in [2.75, 3.05) is 5.32 Å². The molecule has 1 N–H and O–H groups in total. The molecule has 0 radical (unpaired) electrons. The van der Waals surface area contributed by atoms with Gasteiger partial charge in [-0.05, 0) is 6.92 Å². The first-order valence-corrected chi connectivity index (χ1v) is 6.13. The maximum atomic E-state index is 13.5. The Kier molecular flexibility index (Phi) is 3.70. The lowest BCUT2D eigenvalue weighted by Crippen LogP contribution is -2.03. The molecule has 0 saturated carbocycles. The SMILES string of the molecule is Cc1ncsc1CNc1cc([N+](=O)[O-])c(F)cc1F. The Balaban J connectivity index is 2.23. The van der Waals surface area contributed by atoms with Gasteiger partial charge in [-0.2, -0.15) is 4.39 Å². The number of benzene rings is 1. The molecule has 0 amide bonds. The van der Waals surface area contributed by atoms with E-state index in [1.807, 2.05) is 0 Å². The minimum Gasteiger partial charge on any atom is -0.378 e. The molecule has 100 valence electrons. The van der Waals surface area contributed by atoms with E-state index in [0.717, 1.165) is 16.6 Å². The van der Waals surface area contributed by atoms with Crippen molar-refractivity contribution in [3.05, 3.63) is 50.0 Å². The third-order valence-corrected chi connectivity index (χ3v) is 3.45. The first kappa shape index (κ1) is 13.3. The lowest BCUT2D eigenvalue weighted by atomic mass is 10.2. The number of aromatic nitrogens is 1. The van der Waals surface area contributed by atoms with Gasteiger partial charge in [-0.25, -0.2) is 9.37 Å². The second-order valence-corrected chi connectivity index (χ2v) is 4.69. The summed E-state index contributed by atoms with van der Waals surface area (Å²) < 4.78 is 26.6. The quantitative estimate of drug-likeness (QED) is 0.691. The van der Waals surface area contributed by atoms with Gasteiger partial charge in [0.15, 0.2) is 0 Å². The monoisotopic (exact) mass is 285 g/mol. The molecule has 5 nitrogen and oxygen atoms in total. The summed E-state index contributed by atoms with van der Waals surface area (Å²) in [6.45, 7) is 2.08. The van der Waals surface area contributed by atoms with E-state index in [9.17, 15) is 18.9 Å². The van der Waals surface area contributed by atoms with Crippen LogP contribution in [0.15, 0.2) is 17.6 Å². The molecule has 0 atom stereocenters. The summed E-state index contributed by atoms with van der Waals surface area (Å²) in [5, 5.41) is 13.3. The number of nitrogens with one attached hydrogen (secondary N) is 1. The van der Waals surface area contributed by atoms with Gasteiger partial charge in [0.2, 0.25) is 5.82 Å². The molecule has 0 unspecified atom stereocenters. The summed E-state index contributed by atoms with van der Waals surface area (Å²) >= 11 is 1.38. The summed E-state index contributed by atoms with van der Waals surface area (Å²) in [6.07, 6.45) is 0. The van der Waals surface area contributed by atoms with Crippen LogP contribution in [0.5, 0.6) is 0 Å². The highest BCUT2D eigenvalue weighted by atomic mass is 32.1. The van der Waals surface area contributed by atoms with E-state index in [1.165, 1.54) is 11.3 Å². The number of hydrogen-bond donors (Lipinski definition) is 1. The molecule has 0 fully saturated rings. The number of aryl methyl sites for hydroxylation is 1. The average Bonchev–Trinajstić information content (AvgIpc) is 2.73. The fourth-order valence-corrected chi connectivity index (χ4v) is 2.20. The van der Waals surface area contributed by atoms with Crippen LogP contribution in [0, 0.1) is 28.7 Å². The Morgan fingerprint density at radius 2 is 2.16 bits per heavy atom. The summed E-state index contributed by atoms with van der Waals surface area (Å²) in [4.78, 5) is 14.6. The Bertz CT molecular complexity index is 630. The Morgan fingerprint density at radius 1 is 1.42 bits per heavy atom. The van der Waals surface area contributed by atoms with Gasteiger partial charge in [0.05, 0.1) is 28.4 Å². The molecule has 0 aliphatic carbocycles. The van der Waals surface area contributed by atoms with Crippen LogP contribution in [0.4, 0.5) is 20.2 Å². The zero-order valence-corrected chi connectivity index (χ0v) is 10.6. The minimum atomic E-state index is -1.19. The molecule has 1 heterocycles. The van der Waals surface area contributed by atoms with E-state index >= 15 is 0 Å². The van der Waals surface area contributed by atoms with Crippen LogP contribution in [0.25, 0.3) is 0 Å². The largest absolute Gasteiger partial charge is 0.378 e. The van der Waals surface area contributed by atoms with Crippen molar-refractivity contribution in [2.45, 2.75) is 13.5 Å². The van der Waals surface area contributed by atoms with Gasteiger partial charge >= 0.3 is 5.69 Å². The minimum absolute atomic E-state index is 0.110. The number of nitro benzene ring substituents is 1. The predicted molar refractivity (Wildman–Crippen MR) is 67.2 cm³/mol. The second kappa shape index (κ2) is 5.27. The summed E-state index contributed by atoms with van der Waals surface area (Å²) in [6, 6.07) is 1.35. The van der Waals surface area contributed by atoms with E-state index in [1.54, 1.807) is 12.4 Å². The molecule has 2 rings (SSSR count). The Hall–Kier alpha value is -2.09. The predicted octanol–water partition coefficient (Wildman–Crippen LogP) is 3.25. The molecule has 19 heavy (non-hydrogen) atoms. The number of halogens is 2. The molecule has 1 aromatic carbocycles. The maximum Gasteiger partial charge on any atom is 0.307 e. The fraction of sp³-hybridized carbons (Fsp3) is 0.182. The van der Waals surface area contributed by atoms with Crippen molar-refractivity contribution >= 4 is 22.7 Å². The molecular formula is C11H9F2N3O2S. The number of rotatable bonds is 4. The van der Waals surface area contributed by atoms with Crippen LogP contribution < -0.4 is 5.32 Å². The zero-order valence-electron chi connectivity index (χ0n) is 9.81. The van der Waals surface area contributed by atoms with Gasteiger partial charge in [0.1, 0.15) is 5.82 Å². The number of nitrogens with zero attached hydrogens (tertiary/aromatic N) is 2. The van der Waals surface area contributed by atoms with Gasteiger partial charge in [0, 0.05) is 17.0 Å². The van der Waals surface area contributed by atoms with Crippen LogP contribution in [-0.2, 0) is 6.54 Å². The molecule has 0 saturated heterocycles. The van der Waals surface area contributed by atoms with Gasteiger partial charge in [0.25, 0.3) is 0 Å². The Labute approximate surface area is 111 Å². The number of hydrogen-bond acceptors (Lipinski definition) is 5. The van der Waals surface area contributed by atoms with Crippen LogP contribution in [0.2, 0.25) is 0 Å². The molecule has 0 bridgehead atoms. The second-order valence-electron chi connectivity index (χ2n) is 3.76. The summed E-state index contributed by atoms with van der Waals surface area (Å²) in [5.74, 6) is -2.06. The van der Waals surface area contributed by atoms with Gasteiger partial charge in [-0.3, -0.25) is 10.1 Å². The van der Waals surface area contributed by atoms with E-state index in [-0.39, 0.29) is 12.2 Å². The van der Waals surface area contributed by atoms with Crippen LogP contribution in [-0.4, -0.2) is 9.91 Å². The molecule has 0 aliphatic rings. The fourth-order valence-electron chi connectivity index (χ4n) is 1.48. The van der Waals surface area contributed by atoms with E-state index in [0.29, 0.717) is 6.07 Å². The van der Waals surface area contributed by atoms with Crippen LogP contribution >= 0.6 is 11.3 Å². The van der Waals surface area contributed by atoms with E-state index in [2.05, 4.69) is 10.3 Å². The molecule has 1 aromatic heterocycles. The van der Waals surface area contributed by atoms with E-state index < -0.39 is 22.2 Å². The van der Waals surface area contributed by atoms with Crippen molar-refractivity contribution in [2.24, 2.45) is 0 Å². The molecule has 8 heteroatoms. The number of nitro groups is 1. The highest BCUT2D eigenvalue weighted by Gasteiger charge is 2.18. The maximum absolute atomic E-state index is 13.5.